The molecule has 8 nitrogen and oxygen atoms in total. The van der Waals surface area contributed by atoms with E-state index in [1.165, 1.54) is 0 Å². The van der Waals surface area contributed by atoms with Gasteiger partial charge in [0.2, 0.25) is 17.7 Å². The minimum atomic E-state index is -0.702. The molecule has 1 atom stereocenters. The van der Waals surface area contributed by atoms with Gasteiger partial charge in [-0.15, -0.1) is 0 Å². The maximum atomic E-state index is 12.0. The molecule has 1 fully saturated rings. The summed E-state index contributed by atoms with van der Waals surface area (Å²) in [5.74, 6) is -1.18. The summed E-state index contributed by atoms with van der Waals surface area (Å²) in [5, 5.41) is 4.76. The van der Waals surface area contributed by atoms with Crippen LogP contribution in [0.5, 0.6) is 0 Å². The van der Waals surface area contributed by atoms with Gasteiger partial charge in [0.15, 0.2) is 0 Å². The van der Waals surface area contributed by atoms with Gasteiger partial charge in [0.25, 0.3) is 0 Å². The highest BCUT2D eigenvalue weighted by Crippen LogP contribution is 2.09. The van der Waals surface area contributed by atoms with Gasteiger partial charge in [-0.1, -0.05) is 0 Å². The number of rotatable bonds is 3. The summed E-state index contributed by atoms with van der Waals surface area (Å²) < 4.78 is 0. The molecule has 21 heavy (non-hydrogen) atoms. The molecule has 112 valence electrons. The van der Waals surface area contributed by atoms with Crippen LogP contribution in [0.25, 0.3) is 0 Å². The third-order valence-electron chi connectivity index (χ3n) is 3.36. The highest BCUT2D eigenvalue weighted by molar-refractivity contribution is 6.01. The summed E-state index contributed by atoms with van der Waals surface area (Å²) >= 11 is 0. The number of aryl methyl sites for hydroxylation is 2. The predicted molar refractivity (Wildman–Crippen MR) is 72.4 cm³/mol. The Balaban J connectivity index is 2.04. The maximum absolute atomic E-state index is 12.0. The lowest BCUT2D eigenvalue weighted by Gasteiger charge is -2.22. The third kappa shape index (κ3) is 3.53. The van der Waals surface area contributed by atoms with E-state index in [1.807, 2.05) is 0 Å². The van der Waals surface area contributed by atoms with E-state index >= 15 is 0 Å². The number of nitrogens with one attached hydrogen (secondary N) is 3. The van der Waals surface area contributed by atoms with Crippen LogP contribution < -0.4 is 16.3 Å². The molecular weight excluding hydrogens is 276 g/mol. The van der Waals surface area contributed by atoms with Crippen molar-refractivity contribution in [3.8, 4) is 0 Å². The second-order valence-corrected chi connectivity index (χ2v) is 4.98. The molecule has 1 saturated heterocycles. The van der Waals surface area contributed by atoms with Crippen LogP contribution in [0.15, 0.2) is 4.79 Å². The molecule has 0 radical (unpaired) electrons. The van der Waals surface area contributed by atoms with E-state index in [0.29, 0.717) is 17.0 Å². The smallest absolute Gasteiger partial charge is 0.344 e. The second-order valence-electron chi connectivity index (χ2n) is 4.98. The van der Waals surface area contributed by atoms with Crippen molar-refractivity contribution in [2.75, 3.05) is 0 Å². The van der Waals surface area contributed by atoms with E-state index in [-0.39, 0.29) is 31.1 Å². The molecule has 1 aromatic heterocycles. The van der Waals surface area contributed by atoms with Crippen LogP contribution in [0.2, 0.25) is 0 Å². The van der Waals surface area contributed by atoms with Crippen LogP contribution in [0.1, 0.15) is 29.8 Å². The molecule has 0 aliphatic carbocycles. The van der Waals surface area contributed by atoms with Crippen molar-refractivity contribution in [2.24, 2.45) is 0 Å². The van der Waals surface area contributed by atoms with E-state index in [4.69, 9.17) is 0 Å². The topological polar surface area (TPSA) is 121 Å². The number of hydrogen-bond donors (Lipinski definition) is 3. The molecule has 3 N–H and O–H groups in total. The van der Waals surface area contributed by atoms with Crippen LogP contribution in [-0.2, 0) is 20.8 Å². The van der Waals surface area contributed by atoms with Gasteiger partial charge in [0.1, 0.15) is 6.04 Å². The first-order chi connectivity index (χ1) is 9.86. The monoisotopic (exact) mass is 292 g/mol. The van der Waals surface area contributed by atoms with E-state index < -0.39 is 17.6 Å². The number of nitrogens with zero attached hydrogens (tertiary/aromatic N) is 1. The van der Waals surface area contributed by atoms with E-state index in [2.05, 4.69) is 20.6 Å². The normalized spacial score (nSPS) is 18.3. The molecule has 3 amide bonds. The van der Waals surface area contributed by atoms with E-state index in [9.17, 15) is 19.2 Å². The summed E-state index contributed by atoms with van der Waals surface area (Å²) in [4.78, 5) is 52.1. The lowest BCUT2D eigenvalue weighted by atomic mass is 10.0. The van der Waals surface area contributed by atoms with Crippen LogP contribution in [0.3, 0.4) is 0 Å². The van der Waals surface area contributed by atoms with Gasteiger partial charge in [-0.3, -0.25) is 19.7 Å². The van der Waals surface area contributed by atoms with Gasteiger partial charge in [-0.25, -0.2) is 4.79 Å². The average molecular weight is 292 g/mol. The lowest BCUT2D eigenvalue weighted by molar-refractivity contribution is -0.137. The SMILES string of the molecule is Cc1nc(=O)[nH]c(C)c1CC(=O)NC1CCC(=O)NC1=O. The number of H-pyrrole nitrogens is 1. The minimum absolute atomic E-state index is 0.0131. The Hall–Kier alpha value is -2.51. The van der Waals surface area contributed by atoms with Crippen LogP contribution in [-0.4, -0.2) is 33.7 Å². The Morgan fingerprint density at radius 3 is 2.67 bits per heavy atom. The van der Waals surface area contributed by atoms with Gasteiger partial charge in [0.05, 0.1) is 6.42 Å². The summed E-state index contributed by atoms with van der Waals surface area (Å²) in [5.41, 5.74) is 1.22. The Morgan fingerprint density at radius 1 is 1.33 bits per heavy atom. The van der Waals surface area contributed by atoms with Gasteiger partial charge in [-0.2, -0.15) is 4.98 Å². The largest absolute Gasteiger partial charge is 0.345 e. The molecule has 1 aromatic rings. The lowest BCUT2D eigenvalue weighted by Crippen LogP contribution is -2.52. The quantitative estimate of drug-likeness (QED) is 0.607. The standard InChI is InChI=1S/C13H16N4O4/c1-6-8(7(2)15-13(21)14-6)5-11(19)16-9-3-4-10(18)17-12(9)20/h9H,3-5H2,1-2H3,(H,16,19)(H,14,15,21)(H,17,18,20). The number of piperidine rings is 1. The first kappa shape index (κ1) is 14.9. The molecule has 8 heteroatoms. The number of imide groups is 1. The zero-order valence-corrected chi connectivity index (χ0v) is 11.8. The summed E-state index contributed by atoms with van der Waals surface area (Å²) in [7, 11) is 0. The van der Waals surface area contributed by atoms with Crippen molar-refractivity contribution in [3.63, 3.8) is 0 Å². The Morgan fingerprint density at radius 2 is 2.05 bits per heavy atom. The molecule has 0 aromatic carbocycles. The van der Waals surface area contributed by atoms with Gasteiger partial charge >= 0.3 is 5.69 Å². The fraction of sp³-hybridized carbons (Fsp3) is 0.462. The average Bonchev–Trinajstić information content (AvgIpc) is 2.37. The Bertz CT molecular complexity index is 638. The van der Waals surface area contributed by atoms with Crippen molar-refractivity contribution in [3.05, 3.63) is 27.4 Å². The molecule has 0 saturated carbocycles. The third-order valence-corrected chi connectivity index (χ3v) is 3.36. The molecule has 2 heterocycles. The number of aromatic amines is 1. The van der Waals surface area contributed by atoms with E-state index in [1.54, 1.807) is 13.8 Å². The first-order valence-corrected chi connectivity index (χ1v) is 6.56. The fourth-order valence-electron chi connectivity index (χ4n) is 2.25. The van der Waals surface area contributed by atoms with Crippen molar-refractivity contribution in [1.29, 1.82) is 0 Å². The number of carbonyl (C=O) groups excluding carboxylic acids is 3. The predicted octanol–water partition coefficient (Wildman–Crippen LogP) is -1.15. The van der Waals surface area contributed by atoms with Crippen LogP contribution >= 0.6 is 0 Å². The Labute approximate surface area is 120 Å². The van der Waals surface area contributed by atoms with Crippen LogP contribution in [0, 0.1) is 13.8 Å². The van der Waals surface area contributed by atoms with E-state index in [0.717, 1.165) is 0 Å². The van der Waals surface area contributed by atoms with Gasteiger partial charge in [-0.05, 0) is 20.3 Å². The first-order valence-electron chi connectivity index (χ1n) is 6.56. The number of hydrogen-bond acceptors (Lipinski definition) is 5. The highest BCUT2D eigenvalue weighted by Gasteiger charge is 2.28. The van der Waals surface area contributed by atoms with Crippen LogP contribution in [0.4, 0.5) is 0 Å². The summed E-state index contributed by atoms with van der Waals surface area (Å²) in [6.07, 6.45) is 0.506. The van der Waals surface area contributed by atoms with Gasteiger partial charge < -0.3 is 10.3 Å². The zero-order valence-electron chi connectivity index (χ0n) is 11.8. The van der Waals surface area contributed by atoms with Crippen molar-refractivity contribution >= 4 is 17.7 Å². The molecule has 1 aliphatic heterocycles. The zero-order chi connectivity index (χ0) is 15.6. The molecule has 1 unspecified atom stereocenters. The second kappa shape index (κ2) is 5.86. The highest BCUT2D eigenvalue weighted by atomic mass is 16.2. The molecule has 0 bridgehead atoms. The molecular formula is C13H16N4O4. The van der Waals surface area contributed by atoms with Crippen molar-refractivity contribution in [1.82, 2.24) is 20.6 Å². The van der Waals surface area contributed by atoms with Gasteiger partial charge in [0, 0.05) is 23.4 Å². The summed E-state index contributed by atoms with van der Waals surface area (Å²) in [6.45, 7) is 3.33. The molecule has 0 spiro atoms. The molecule has 1 aliphatic rings. The summed E-state index contributed by atoms with van der Waals surface area (Å²) in [6, 6.07) is -0.702. The fourth-order valence-corrected chi connectivity index (χ4v) is 2.25. The van der Waals surface area contributed by atoms with Crippen molar-refractivity contribution < 1.29 is 14.4 Å². The van der Waals surface area contributed by atoms with Crippen molar-refractivity contribution in [2.45, 2.75) is 39.2 Å². The minimum Gasteiger partial charge on any atom is -0.344 e. The Kier molecular flexibility index (Phi) is 4.15. The molecule has 2 rings (SSSR count). The number of amides is 3. The number of carbonyl (C=O) groups is 3. The number of aromatic nitrogens is 2. The maximum Gasteiger partial charge on any atom is 0.345 e.